The van der Waals surface area contributed by atoms with Gasteiger partial charge in [0.25, 0.3) is 5.91 Å². The summed E-state index contributed by atoms with van der Waals surface area (Å²) < 4.78 is 0. The van der Waals surface area contributed by atoms with Crippen LogP contribution in [0.3, 0.4) is 0 Å². The highest BCUT2D eigenvalue weighted by molar-refractivity contribution is 5.94. The summed E-state index contributed by atoms with van der Waals surface area (Å²) >= 11 is 0. The molecular weight excluding hydrogens is 272 g/mol. The van der Waals surface area contributed by atoms with Crippen molar-refractivity contribution in [2.75, 3.05) is 13.1 Å². The minimum Gasteiger partial charge on any atom is -0.506 e. The van der Waals surface area contributed by atoms with Crippen LogP contribution >= 0.6 is 0 Å². The molecule has 1 unspecified atom stereocenters. The van der Waals surface area contributed by atoms with Crippen LogP contribution in [-0.4, -0.2) is 45.1 Å². The second kappa shape index (κ2) is 6.11. The number of hydrogen-bond donors (Lipinski definition) is 2. The average Bonchev–Trinajstić information content (AvgIpc) is 2.47. The van der Waals surface area contributed by atoms with Gasteiger partial charge in [-0.3, -0.25) is 14.6 Å². The number of amides is 1. The van der Waals surface area contributed by atoms with Gasteiger partial charge < -0.3 is 15.1 Å². The van der Waals surface area contributed by atoms with Gasteiger partial charge in [-0.1, -0.05) is 13.3 Å². The average molecular weight is 292 g/mol. The van der Waals surface area contributed by atoms with E-state index in [1.165, 1.54) is 18.5 Å². The molecule has 1 aliphatic rings. The third-order valence-electron chi connectivity index (χ3n) is 4.02. The molecule has 0 spiro atoms. The Morgan fingerprint density at radius 3 is 2.81 bits per heavy atom. The van der Waals surface area contributed by atoms with Crippen LogP contribution in [0.15, 0.2) is 18.5 Å². The van der Waals surface area contributed by atoms with Gasteiger partial charge in [-0.05, 0) is 25.3 Å². The third kappa shape index (κ3) is 3.15. The summed E-state index contributed by atoms with van der Waals surface area (Å²) in [6, 6.07) is 1.35. The fourth-order valence-corrected chi connectivity index (χ4v) is 3.00. The van der Waals surface area contributed by atoms with Crippen LogP contribution in [0.25, 0.3) is 0 Å². The monoisotopic (exact) mass is 292 g/mol. The van der Waals surface area contributed by atoms with Crippen LogP contribution in [-0.2, 0) is 4.79 Å². The van der Waals surface area contributed by atoms with Crippen molar-refractivity contribution < 1.29 is 19.8 Å². The lowest BCUT2D eigenvalue weighted by atomic mass is 9.76. The molecule has 21 heavy (non-hydrogen) atoms. The first-order valence-electron chi connectivity index (χ1n) is 7.15. The van der Waals surface area contributed by atoms with Crippen molar-refractivity contribution in [2.45, 2.75) is 32.6 Å². The third-order valence-corrected chi connectivity index (χ3v) is 4.02. The van der Waals surface area contributed by atoms with Crippen molar-refractivity contribution >= 4 is 11.9 Å². The van der Waals surface area contributed by atoms with Gasteiger partial charge in [-0.15, -0.1) is 0 Å². The maximum atomic E-state index is 12.4. The zero-order valence-electron chi connectivity index (χ0n) is 12.1. The van der Waals surface area contributed by atoms with Gasteiger partial charge in [0.05, 0.1) is 17.2 Å². The Morgan fingerprint density at radius 2 is 2.19 bits per heavy atom. The van der Waals surface area contributed by atoms with Crippen LogP contribution in [0.4, 0.5) is 0 Å². The number of piperidine rings is 1. The number of aliphatic carboxylic acids is 1. The second-order valence-corrected chi connectivity index (χ2v) is 5.60. The van der Waals surface area contributed by atoms with Crippen LogP contribution < -0.4 is 0 Å². The highest BCUT2D eigenvalue weighted by Crippen LogP contribution is 2.35. The predicted molar refractivity (Wildman–Crippen MR) is 76.0 cm³/mol. The molecule has 1 fully saturated rings. The summed E-state index contributed by atoms with van der Waals surface area (Å²) in [5.74, 6) is -1.19. The van der Waals surface area contributed by atoms with Crippen LogP contribution in [0.2, 0.25) is 0 Å². The molecule has 2 N–H and O–H groups in total. The maximum Gasteiger partial charge on any atom is 0.311 e. The molecule has 6 nitrogen and oxygen atoms in total. The number of hydrogen-bond acceptors (Lipinski definition) is 4. The topological polar surface area (TPSA) is 90.7 Å². The Bertz CT molecular complexity index is 542. The summed E-state index contributed by atoms with van der Waals surface area (Å²) in [7, 11) is 0. The molecule has 0 saturated carbocycles. The first kappa shape index (κ1) is 15.3. The molecule has 1 aromatic heterocycles. The molecule has 2 heterocycles. The van der Waals surface area contributed by atoms with Crippen molar-refractivity contribution in [3.05, 3.63) is 24.0 Å². The molecular formula is C15H20N2O4. The fraction of sp³-hybridized carbons (Fsp3) is 0.533. The number of aromatic hydroxyl groups is 1. The van der Waals surface area contributed by atoms with E-state index in [1.807, 2.05) is 6.92 Å². The number of aromatic nitrogens is 1. The molecule has 0 aromatic carbocycles. The number of carbonyl (C=O) groups is 2. The Hall–Kier alpha value is -2.11. The van der Waals surface area contributed by atoms with Gasteiger partial charge in [-0.2, -0.15) is 0 Å². The second-order valence-electron chi connectivity index (χ2n) is 5.60. The van der Waals surface area contributed by atoms with Crippen molar-refractivity contribution in [3.8, 4) is 5.75 Å². The molecule has 1 atom stereocenters. The molecule has 6 heteroatoms. The molecule has 2 rings (SSSR count). The Labute approximate surface area is 123 Å². The lowest BCUT2D eigenvalue weighted by molar-refractivity contribution is -0.152. The van der Waals surface area contributed by atoms with Gasteiger partial charge in [0, 0.05) is 19.3 Å². The normalized spacial score (nSPS) is 22.0. The van der Waals surface area contributed by atoms with E-state index in [1.54, 1.807) is 4.90 Å². The molecule has 1 saturated heterocycles. The molecule has 1 amide bonds. The van der Waals surface area contributed by atoms with Gasteiger partial charge in [-0.25, -0.2) is 0 Å². The highest BCUT2D eigenvalue weighted by Gasteiger charge is 2.42. The van der Waals surface area contributed by atoms with E-state index < -0.39 is 11.4 Å². The zero-order valence-corrected chi connectivity index (χ0v) is 12.1. The van der Waals surface area contributed by atoms with Crippen molar-refractivity contribution in [3.63, 3.8) is 0 Å². The van der Waals surface area contributed by atoms with Gasteiger partial charge in [0.2, 0.25) is 0 Å². The van der Waals surface area contributed by atoms with Gasteiger partial charge in [0.15, 0.2) is 0 Å². The zero-order chi connectivity index (χ0) is 15.5. The minimum atomic E-state index is -0.854. The van der Waals surface area contributed by atoms with E-state index in [0.717, 1.165) is 6.42 Å². The molecule has 1 aromatic rings. The first-order valence-corrected chi connectivity index (χ1v) is 7.15. The number of carboxylic acid groups (broad SMARTS) is 1. The number of carbonyl (C=O) groups excluding carboxylic acids is 1. The summed E-state index contributed by atoms with van der Waals surface area (Å²) in [6.07, 6.45) is 5.24. The van der Waals surface area contributed by atoms with Gasteiger partial charge >= 0.3 is 5.97 Å². The quantitative estimate of drug-likeness (QED) is 0.884. The largest absolute Gasteiger partial charge is 0.506 e. The summed E-state index contributed by atoms with van der Waals surface area (Å²) in [5, 5.41) is 19.0. The van der Waals surface area contributed by atoms with Crippen molar-refractivity contribution in [1.29, 1.82) is 0 Å². The summed E-state index contributed by atoms with van der Waals surface area (Å²) in [6.45, 7) is 2.70. The molecule has 0 bridgehead atoms. The molecule has 0 aliphatic carbocycles. The Balaban J connectivity index is 2.20. The first-order chi connectivity index (χ1) is 9.98. The molecule has 0 radical (unpaired) electrons. The SMILES string of the molecule is CCCC1(C(=O)O)CCCN(C(=O)c2cncc(O)c2)C1. The smallest absolute Gasteiger partial charge is 0.311 e. The van der Waals surface area contributed by atoms with E-state index in [-0.39, 0.29) is 23.8 Å². The van der Waals surface area contributed by atoms with E-state index in [2.05, 4.69) is 4.98 Å². The summed E-state index contributed by atoms with van der Waals surface area (Å²) in [4.78, 5) is 29.4. The Kier molecular flexibility index (Phi) is 4.45. The number of likely N-dealkylation sites (tertiary alicyclic amines) is 1. The van der Waals surface area contributed by atoms with E-state index in [4.69, 9.17) is 0 Å². The van der Waals surface area contributed by atoms with Crippen LogP contribution in [0.5, 0.6) is 5.75 Å². The number of pyridine rings is 1. The molecule has 1 aliphatic heterocycles. The number of rotatable bonds is 4. The van der Waals surface area contributed by atoms with Crippen molar-refractivity contribution in [2.24, 2.45) is 5.41 Å². The van der Waals surface area contributed by atoms with Crippen LogP contribution in [0.1, 0.15) is 43.0 Å². The fourth-order valence-electron chi connectivity index (χ4n) is 3.00. The van der Waals surface area contributed by atoms with Gasteiger partial charge in [0.1, 0.15) is 5.75 Å². The standard InChI is InChI=1S/C15H20N2O4/c1-2-4-15(14(20)21)5-3-6-17(10-15)13(19)11-7-12(18)9-16-8-11/h7-9,18H,2-6,10H2,1H3,(H,20,21). The van der Waals surface area contributed by atoms with Crippen LogP contribution in [0, 0.1) is 5.41 Å². The van der Waals surface area contributed by atoms with E-state index >= 15 is 0 Å². The minimum absolute atomic E-state index is 0.0732. The van der Waals surface area contributed by atoms with E-state index in [0.29, 0.717) is 25.8 Å². The highest BCUT2D eigenvalue weighted by atomic mass is 16.4. The Morgan fingerprint density at radius 1 is 1.43 bits per heavy atom. The molecule has 114 valence electrons. The predicted octanol–water partition coefficient (Wildman–Crippen LogP) is 1.89. The maximum absolute atomic E-state index is 12.4. The number of carboxylic acids is 1. The van der Waals surface area contributed by atoms with Crippen molar-refractivity contribution in [1.82, 2.24) is 9.88 Å². The number of nitrogens with zero attached hydrogens (tertiary/aromatic N) is 2. The lowest BCUT2D eigenvalue weighted by Crippen LogP contribution is -2.49. The van der Waals surface area contributed by atoms with E-state index in [9.17, 15) is 19.8 Å². The lowest BCUT2D eigenvalue weighted by Gasteiger charge is -2.39. The summed E-state index contributed by atoms with van der Waals surface area (Å²) in [5.41, 5.74) is -0.569.